The minimum Gasteiger partial charge on any atom is -0.381 e. The minimum atomic E-state index is -3.86. The first-order chi connectivity index (χ1) is 12.7. The number of benzene rings is 2. The lowest BCUT2D eigenvalue weighted by molar-refractivity contribution is 0.0832. The van der Waals surface area contributed by atoms with Crippen LogP contribution in [0.25, 0.3) is 0 Å². The van der Waals surface area contributed by atoms with Crippen molar-refractivity contribution in [2.45, 2.75) is 47.4 Å². The molecule has 0 radical (unpaired) electrons. The first kappa shape index (κ1) is 20.0. The van der Waals surface area contributed by atoms with Gasteiger partial charge in [0.15, 0.2) is 0 Å². The molecule has 0 aliphatic carbocycles. The Morgan fingerprint density at radius 3 is 2.19 bits per heavy atom. The van der Waals surface area contributed by atoms with Gasteiger partial charge in [-0.25, -0.2) is 21.6 Å². The number of nitrogens with one attached hydrogen (secondary N) is 1. The molecule has 0 amide bonds. The van der Waals surface area contributed by atoms with E-state index < -0.39 is 19.9 Å². The van der Waals surface area contributed by atoms with Crippen LogP contribution in [0.15, 0.2) is 57.2 Å². The molecule has 0 unspecified atom stereocenters. The molecule has 0 atom stereocenters. The minimum absolute atomic E-state index is 0.00616. The molecule has 0 saturated carbocycles. The summed E-state index contributed by atoms with van der Waals surface area (Å²) in [4.78, 5) is 0.176. The van der Waals surface area contributed by atoms with Crippen LogP contribution in [0.1, 0.15) is 24.0 Å². The maximum absolute atomic E-state index is 13.0. The van der Waals surface area contributed by atoms with Gasteiger partial charge in [0, 0.05) is 19.3 Å². The first-order valence-corrected chi connectivity index (χ1v) is 11.7. The molecular weight excluding hydrogens is 386 g/mol. The van der Waals surface area contributed by atoms with E-state index in [9.17, 15) is 16.8 Å². The molecule has 3 rings (SSSR count). The summed E-state index contributed by atoms with van der Waals surface area (Å²) in [6.45, 7) is 4.23. The van der Waals surface area contributed by atoms with Gasteiger partial charge >= 0.3 is 0 Å². The van der Waals surface area contributed by atoms with E-state index in [-0.39, 0.29) is 26.3 Å². The molecule has 2 aromatic carbocycles. The Bertz CT molecular complexity index is 1030. The molecule has 1 saturated heterocycles. The molecule has 146 valence electrons. The van der Waals surface area contributed by atoms with Gasteiger partial charge in [0.05, 0.1) is 14.7 Å². The zero-order valence-corrected chi connectivity index (χ0v) is 16.9. The fourth-order valence-electron chi connectivity index (χ4n) is 3.33. The zero-order valence-electron chi connectivity index (χ0n) is 15.3. The smallest absolute Gasteiger partial charge is 0.241 e. The lowest BCUT2D eigenvalue weighted by Gasteiger charge is -2.24. The molecule has 6 nitrogen and oxygen atoms in total. The summed E-state index contributed by atoms with van der Waals surface area (Å²) in [5, 5.41) is 0. The van der Waals surface area contributed by atoms with E-state index in [0.717, 1.165) is 0 Å². The number of sulfonamides is 1. The highest BCUT2D eigenvalue weighted by Crippen LogP contribution is 2.30. The Morgan fingerprint density at radius 2 is 1.56 bits per heavy atom. The molecule has 1 N–H and O–H groups in total. The highest BCUT2D eigenvalue weighted by Gasteiger charge is 2.29. The predicted octanol–water partition coefficient (Wildman–Crippen LogP) is 2.59. The van der Waals surface area contributed by atoms with E-state index in [1.165, 1.54) is 18.2 Å². The van der Waals surface area contributed by atoms with E-state index >= 15 is 0 Å². The van der Waals surface area contributed by atoms with Gasteiger partial charge in [-0.15, -0.1) is 0 Å². The second-order valence-electron chi connectivity index (χ2n) is 6.66. The first-order valence-electron chi connectivity index (χ1n) is 8.74. The normalized spacial score (nSPS) is 16.4. The van der Waals surface area contributed by atoms with Gasteiger partial charge < -0.3 is 4.74 Å². The van der Waals surface area contributed by atoms with E-state index in [0.29, 0.717) is 31.6 Å². The number of hydrogen-bond acceptors (Lipinski definition) is 5. The molecule has 2 aromatic rings. The largest absolute Gasteiger partial charge is 0.381 e. The Labute approximate surface area is 160 Å². The quantitative estimate of drug-likeness (QED) is 0.820. The second-order valence-corrected chi connectivity index (χ2v) is 10.2. The average molecular weight is 410 g/mol. The number of hydrogen-bond donors (Lipinski definition) is 1. The standard InChI is InChI=1S/C19H23NO5S2/c1-14-8-9-18(26(21,22)17-6-4-3-5-7-17)15(2)19(14)27(23,24)20-16-10-12-25-13-11-16/h3-9,16,20H,10-13H2,1-2H3. The molecule has 8 heteroatoms. The van der Waals surface area contributed by atoms with Crippen molar-refractivity contribution in [2.24, 2.45) is 0 Å². The summed E-state index contributed by atoms with van der Waals surface area (Å²) in [7, 11) is -7.67. The summed E-state index contributed by atoms with van der Waals surface area (Å²) in [6.07, 6.45) is 1.19. The third kappa shape index (κ3) is 4.08. The van der Waals surface area contributed by atoms with E-state index in [1.807, 2.05) is 0 Å². The summed E-state index contributed by atoms with van der Waals surface area (Å²) in [5.74, 6) is 0. The van der Waals surface area contributed by atoms with Crippen LogP contribution in [0, 0.1) is 13.8 Å². The van der Waals surface area contributed by atoms with E-state index in [4.69, 9.17) is 4.74 Å². The Hall–Kier alpha value is -1.74. The maximum Gasteiger partial charge on any atom is 0.241 e. The molecule has 1 aliphatic rings. The highest BCUT2D eigenvalue weighted by molar-refractivity contribution is 7.92. The van der Waals surface area contributed by atoms with Crippen molar-refractivity contribution >= 4 is 19.9 Å². The monoisotopic (exact) mass is 409 g/mol. The van der Waals surface area contributed by atoms with Crippen LogP contribution in [-0.2, 0) is 24.6 Å². The summed E-state index contributed by atoms with van der Waals surface area (Å²) < 4.78 is 60.0. The molecule has 0 aromatic heterocycles. The number of sulfone groups is 1. The van der Waals surface area contributed by atoms with Crippen LogP contribution < -0.4 is 4.72 Å². The van der Waals surface area contributed by atoms with Crippen molar-refractivity contribution in [3.63, 3.8) is 0 Å². The second kappa shape index (κ2) is 7.71. The summed E-state index contributed by atoms with van der Waals surface area (Å²) in [6, 6.07) is 10.8. The topological polar surface area (TPSA) is 89.5 Å². The SMILES string of the molecule is Cc1ccc(S(=O)(=O)c2ccccc2)c(C)c1S(=O)(=O)NC1CCOCC1. The zero-order chi connectivity index (χ0) is 19.7. The molecule has 0 spiro atoms. The number of ether oxygens (including phenoxy) is 1. The molecule has 27 heavy (non-hydrogen) atoms. The fourth-order valence-corrected chi connectivity index (χ4v) is 6.72. The van der Waals surface area contributed by atoms with Gasteiger partial charge in [-0.1, -0.05) is 24.3 Å². The van der Waals surface area contributed by atoms with Crippen molar-refractivity contribution in [3.05, 3.63) is 53.6 Å². The Kier molecular flexibility index (Phi) is 5.71. The molecule has 0 bridgehead atoms. The van der Waals surface area contributed by atoms with Crippen molar-refractivity contribution < 1.29 is 21.6 Å². The van der Waals surface area contributed by atoms with Crippen molar-refractivity contribution in [1.82, 2.24) is 4.72 Å². The molecular formula is C19H23NO5S2. The summed E-state index contributed by atoms with van der Waals surface area (Å²) in [5.41, 5.74) is 0.748. The molecule has 1 aliphatic heterocycles. The van der Waals surface area contributed by atoms with Gasteiger partial charge in [0.25, 0.3) is 0 Å². The van der Waals surface area contributed by atoms with E-state index in [1.54, 1.807) is 38.1 Å². The van der Waals surface area contributed by atoms with Crippen LogP contribution in [-0.4, -0.2) is 36.1 Å². The third-order valence-corrected chi connectivity index (χ3v) is 8.43. The van der Waals surface area contributed by atoms with Crippen molar-refractivity contribution in [1.29, 1.82) is 0 Å². The fraction of sp³-hybridized carbons (Fsp3) is 0.368. The van der Waals surface area contributed by atoms with Gasteiger partial charge in [0.1, 0.15) is 0 Å². The van der Waals surface area contributed by atoms with Crippen molar-refractivity contribution in [3.8, 4) is 0 Å². The predicted molar refractivity (Wildman–Crippen MR) is 102 cm³/mol. The van der Waals surface area contributed by atoms with Crippen LogP contribution in [0.5, 0.6) is 0 Å². The van der Waals surface area contributed by atoms with E-state index in [2.05, 4.69) is 4.72 Å². The van der Waals surface area contributed by atoms with Gasteiger partial charge in [-0.2, -0.15) is 0 Å². The lowest BCUT2D eigenvalue weighted by atomic mass is 10.1. The van der Waals surface area contributed by atoms with Crippen LogP contribution >= 0.6 is 0 Å². The van der Waals surface area contributed by atoms with Crippen LogP contribution in [0.2, 0.25) is 0 Å². The van der Waals surface area contributed by atoms with Gasteiger partial charge in [-0.05, 0) is 56.0 Å². The average Bonchev–Trinajstić information content (AvgIpc) is 2.62. The Morgan fingerprint density at radius 1 is 0.926 bits per heavy atom. The van der Waals surface area contributed by atoms with Crippen LogP contribution in [0.3, 0.4) is 0 Å². The van der Waals surface area contributed by atoms with Crippen LogP contribution in [0.4, 0.5) is 0 Å². The highest BCUT2D eigenvalue weighted by atomic mass is 32.2. The van der Waals surface area contributed by atoms with Crippen molar-refractivity contribution in [2.75, 3.05) is 13.2 Å². The van der Waals surface area contributed by atoms with Gasteiger partial charge in [-0.3, -0.25) is 0 Å². The number of aryl methyl sites for hydroxylation is 1. The molecule has 1 fully saturated rings. The number of rotatable bonds is 5. The van der Waals surface area contributed by atoms with Gasteiger partial charge in [0.2, 0.25) is 19.9 Å². The Balaban J connectivity index is 2.06. The lowest BCUT2D eigenvalue weighted by Crippen LogP contribution is -2.39. The third-order valence-electron chi connectivity index (χ3n) is 4.71. The maximum atomic E-state index is 13.0. The molecule has 1 heterocycles. The summed E-state index contributed by atoms with van der Waals surface area (Å²) >= 11 is 0.